The third kappa shape index (κ3) is 2.58. The minimum absolute atomic E-state index is 0.0163. The van der Waals surface area contributed by atoms with Crippen LogP contribution in [0.25, 0.3) is 0 Å². The van der Waals surface area contributed by atoms with Crippen LogP contribution in [0.2, 0.25) is 0 Å². The molecule has 0 saturated heterocycles. The molecule has 0 aromatic carbocycles. The molecule has 0 amide bonds. The van der Waals surface area contributed by atoms with Crippen LogP contribution >= 0.6 is 0 Å². The number of imidazole rings is 1. The lowest BCUT2D eigenvalue weighted by molar-refractivity contribution is -0.142. The van der Waals surface area contributed by atoms with Gasteiger partial charge < -0.3 is 14.8 Å². The standard InChI is InChI=1S/C8H10N2O4/c1-2-14-6(11)3-5-4-9-7(10-5)8(12)13/h4H,2-3H2,1H3,(H,9,10)(H,12,13). The molecule has 0 fully saturated rings. The SMILES string of the molecule is CCOC(=O)Cc1c[nH]c(C(=O)O)n1. The number of H-pyrrole nitrogens is 1. The first-order valence-corrected chi connectivity index (χ1v) is 4.06. The van der Waals surface area contributed by atoms with Crippen molar-refractivity contribution in [3.63, 3.8) is 0 Å². The zero-order valence-corrected chi connectivity index (χ0v) is 7.61. The van der Waals surface area contributed by atoms with E-state index in [1.54, 1.807) is 6.92 Å². The summed E-state index contributed by atoms with van der Waals surface area (Å²) in [6.07, 6.45) is 1.36. The normalized spacial score (nSPS) is 9.79. The third-order valence-electron chi connectivity index (χ3n) is 1.46. The summed E-state index contributed by atoms with van der Waals surface area (Å²) in [5.41, 5.74) is 0.362. The van der Waals surface area contributed by atoms with Crippen LogP contribution in [0.4, 0.5) is 0 Å². The second kappa shape index (κ2) is 4.40. The van der Waals surface area contributed by atoms with E-state index in [0.717, 1.165) is 0 Å². The first kappa shape index (κ1) is 10.2. The molecule has 6 heteroatoms. The predicted molar refractivity (Wildman–Crippen MR) is 45.9 cm³/mol. The molecule has 0 atom stereocenters. The van der Waals surface area contributed by atoms with Gasteiger partial charge in [0.05, 0.1) is 18.7 Å². The molecule has 1 aromatic heterocycles. The summed E-state index contributed by atoms with van der Waals surface area (Å²) in [5.74, 6) is -1.75. The van der Waals surface area contributed by atoms with Gasteiger partial charge in [-0.15, -0.1) is 0 Å². The van der Waals surface area contributed by atoms with E-state index in [2.05, 4.69) is 14.7 Å². The molecule has 0 spiro atoms. The van der Waals surface area contributed by atoms with E-state index in [0.29, 0.717) is 12.3 Å². The summed E-state index contributed by atoms with van der Waals surface area (Å²) in [7, 11) is 0. The number of nitrogens with one attached hydrogen (secondary N) is 1. The van der Waals surface area contributed by atoms with Crippen molar-refractivity contribution in [3.8, 4) is 0 Å². The molecule has 76 valence electrons. The average Bonchev–Trinajstić information content (AvgIpc) is 2.53. The number of carboxylic acid groups (broad SMARTS) is 1. The fourth-order valence-electron chi connectivity index (χ4n) is 0.920. The maximum atomic E-state index is 11.0. The average molecular weight is 198 g/mol. The van der Waals surface area contributed by atoms with Crippen LogP contribution in [0, 0.1) is 0 Å². The number of nitrogens with zero attached hydrogens (tertiary/aromatic N) is 1. The van der Waals surface area contributed by atoms with E-state index >= 15 is 0 Å². The second-order valence-corrected chi connectivity index (χ2v) is 2.53. The van der Waals surface area contributed by atoms with Gasteiger partial charge in [0.25, 0.3) is 0 Å². The van der Waals surface area contributed by atoms with Gasteiger partial charge in [-0.05, 0) is 6.92 Å². The van der Waals surface area contributed by atoms with Crippen molar-refractivity contribution in [3.05, 3.63) is 17.7 Å². The fourth-order valence-corrected chi connectivity index (χ4v) is 0.920. The molecule has 1 rings (SSSR count). The molecule has 0 aliphatic heterocycles. The summed E-state index contributed by atoms with van der Waals surface area (Å²) in [5, 5.41) is 8.53. The van der Waals surface area contributed by atoms with E-state index in [4.69, 9.17) is 5.11 Å². The van der Waals surface area contributed by atoms with Crippen LogP contribution in [0.5, 0.6) is 0 Å². The minimum Gasteiger partial charge on any atom is -0.475 e. The highest BCUT2D eigenvalue weighted by Crippen LogP contribution is 1.99. The van der Waals surface area contributed by atoms with Crippen molar-refractivity contribution in [1.82, 2.24) is 9.97 Å². The van der Waals surface area contributed by atoms with Crippen LogP contribution in [0.15, 0.2) is 6.20 Å². The van der Waals surface area contributed by atoms with Crippen molar-refractivity contribution < 1.29 is 19.4 Å². The van der Waals surface area contributed by atoms with Crippen molar-refractivity contribution >= 4 is 11.9 Å². The number of rotatable bonds is 4. The summed E-state index contributed by atoms with van der Waals surface area (Å²) in [4.78, 5) is 27.5. The number of esters is 1. The van der Waals surface area contributed by atoms with E-state index in [1.807, 2.05) is 0 Å². The minimum atomic E-state index is -1.15. The number of aromatic amines is 1. The summed E-state index contributed by atoms with van der Waals surface area (Å²) >= 11 is 0. The topological polar surface area (TPSA) is 92.3 Å². The Labute approximate surface area is 79.9 Å². The van der Waals surface area contributed by atoms with Crippen LogP contribution in [-0.2, 0) is 16.0 Å². The van der Waals surface area contributed by atoms with Gasteiger partial charge in [-0.3, -0.25) is 4.79 Å². The molecule has 0 aliphatic rings. The highest BCUT2D eigenvalue weighted by Gasteiger charge is 2.11. The maximum absolute atomic E-state index is 11.0. The molecule has 0 bridgehead atoms. The quantitative estimate of drug-likeness (QED) is 0.675. The summed E-state index contributed by atoms with van der Waals surface area (Å²) in [6, 6.07) is 0. The second-order valence-electron chi connectivity index (χ2n) is 2.53. The van der Waals surface area contributed by atoms with E-state index < -0.39 is 11.9 Å². The van der Waals surface area contributed by atoms with Crippen molar-refractivity contribution in [2.45, 2.75) is 13.3 Å². The Kier molecular flexibility index (Phi) is 3.22. The molecule has 0 radical (unpaired) electrons. The lowest BCUT2D eigenvalue weighted by atomic mass is 10.3. The van der Waals surface area contributed by atoms with Crippen molar-refractivity contribution in [2.24, 2.45) is 0 Å². The number of carbonyl (C=O) groups excluding carboxylic acids is 1. The Hall–Kier alpha value is -1.85. The van der Waals surface area contributed by atoms with Gasteiger partial charge in [0.1, 0.15) is 0 Å². The summed E-state index contributed by atoms with van der Waals surface area (Å²) in [6.45, 7) is 2.00. The van der Waals surface area contributed by atoms with Gasteiger partial charge in [0.2, 0.25) is 5.82 Å². The van der Waals surface area contributed by atoms with Gasteiger partial charge >= 0.3 is 11.9 Å². The van der Waals surface area contributed by atoms with Gasteiger partial charge in [-0.25, -0.2) is 9.78 Å². The lowest BCUT2D eigenvalue weighted by Crippen LogP contribution is -2.08. The molecular formula is C8H10N2O4. The van der Waals surface area contributed by atoms with Crippen molar-refractivity contribution in [1.29, 1.82) is 0 Å². The number of hydrogen-bond acceptors (Lipinski definition) is 4. The zero-order valence-electron chi connectivity index (χ0n) is 7.61. The third-order valence-corrected chi connectivity index (χ3v) is 1.46. The summed E-state index contributed by atoms with van der Waals surface area (Å²) < 4.78 is 4.68. The molecule has 1 heterocycles. The Bertz CT molecular complexity index is 345. The molecule has 2 N–H and O–H groups in total. The van der Waals surface area contributed by atoms with Gasteiger partial charge in [0, 0.05) is 6.20 Å². The van der Waals surface area contributed by atoms with E-state index in [9.17, 15) is 9.59 Å². The maximum Gasteiger partial charge on any atom is 0.371 e. The zero-order chi connectivity index (χ0) is 10.6. The van der Waals surface area contributed by atoms with Crippen LogP contribution in [0.1, 0.15) is 23.2 Å². The van der Waals surface area contributed by atoms with Gasteiger partial charge in [-0.1, -0.05) is 0 Å². The Morgan fingerprint density at radius 3 is 2.86 bits per heavy atom. The van der Waals surface area contributed by atoms with Gasteiger partial charge in [-0.2, -0.15) is 0 Å². The van der Waals surface area contributed by atoms with Crippen LogP contribution in [0.3, 0.4) is 0 Å². The molecular weight excluding hydrogens is 188 g/mol. The smallest absolute Gasteiger partial charge is 0.371 e. The van der Waals surface area contributed by atoms with Crippen LogP contribution in [-0.4, -0.2) is 33.6 Å². The number of hydrogen-bond donors (Lipinski definition) is 2. The van der Waals surface area contributed by atoms with Crippen molar-refractivity contribution in [2.75, 3.05) is 6.61 Å². The highest BCUT2D eigenvalue weighted by molar-refractivity contribution is 5.83. The molecule has 1 aromatic rings. The number of ether oxygens (including phenoxy) is 1. The highest BCUT2D eigenvalue weighted by atomic mass is 16.5. The Morgan fingerprint density at radius 1 is 1.64 bits per heavy atom. The van der Waals surface area contributed by atoms with Gasteiger partial charge in [0.15, 0.2) is 0 Å². The predicted octanol–water partition coefficient (Wildman–Crippen LogP) is 0.214. The lowest BCUT2D eigenvalue weighted by Gasteiger charge is -1.97. The van der Waals surface area contributed by atoms with Crippen LogP contribution < -0.4 is 0 Å². The first-order chi connectivity index (χ1) is 6.63. The van der Waals surface area contributed by atoms with E-state index in [1.165, 1.54) is 6.20 Å². The number of carbonyl (C=O) groups is 2. The first-order valence-electron chi connectivity index (χ1n) is 4.06. The number of aromatic carboxylic acids is 1. The molecule has 0 saturated carbocycles. The monoisotopic (exact) mass is 198 g/mol. The number of aromatic nitrogens is 2. The van der Waals surface area contributed by atoms with E-state index in [-0.39, 0.29) is 12.2 Å². The Morgan fingerprint density at radius 2 is 2.36 bits per heavy atom. The molecule has 6 nitrogen and oxygen atoms in total. The molecule has 0 aliphatic carbocycles. The fraction of sp³-hybridized carbons (Fsp3) is 0.375. The molecule has 14 heavy (non-hydrogen) atoms. The molecule has 0 unspecified atom stereocenters. The number of carboxylic acids is 1. The largest absolute Gasteiger partial charge is 0.475 e. The Balaban J connectivity index is 2.59.